The van der Waals surface area contributed by atoms with Crippen LogP contribution in [0.2, 0.25) is 0 Å². The van der Waals surface area contributed by atoms with Gasteiger partial charge in [0.1, 0.15) is 60.1 Å². The zero-order valence-electron chi connectivity index (χ0n) is 50.2. The molecule has 9 atom stereocenters. The number of H-pyrrole nitrogens is 2. The van der Waals surface area contributed by atoms with Crippen LogP contribution >= 0.6 is 12.4 Å². The molecule has 0 bridgehead atoms. The summed E-state index contributed by atoms with van der Waals surface area (Å²) < 4.78 is 0. The minimum absolute atomic E-state index is 0. The van der Waals surface area contributed by atoms with Crippen LogP contribution in [0.15, 0.2) is 67.3 Å². The Balaban J connectivity index is 0.0000141. The quantitative estimate of drug-likeness (QED) is 0.0162. The zero-order chi connectivity index (χ0) is 63.3. The summed E-state index contributed by atoms with van der Waals surface area (Å²) >= 11 is 0. The Morgan fingerprint density at radius 1 is 0.705 bits per heavy atom. The molecule has 29 heteroatoms. The molecule has 2 aliphatic heterocycles. The van der Waals surface area contributed by atoms with Crippen molar-refractivity contribution in [1.29, 1.82) is 5.41 Å². The minimum atomic E-state index is -1.75. The number of carbonyl (C=O) groups is 10. The van der Waals surface area contributed by atoms with Crippen molar-refractivity contribution in [2.45, 2.75) is 160 Å². The molecule has 480 valence electrons. The van der Waals surface area contributed by atoms with Gasteiger partial charge in [0.2, 0.25) is 59.1 Å². The molecule has 0 radical (unpaired) electrons. The summed E-state index contributed by atoms with van der Waals surface area (Å²) in [6.45, 7) is 8.87. The fourth-order valence-corrected chi connectivity index (χ4v) is 10.5. The second-order valence-electron chi connectivity index (χ2n) is 22.8. The summed E-state index contributed by atoms with van der Waals surface area (Å²) in [5.74, 6) is -7.71. The van der Waals surface area contributed by atoms with Crippen LogP contribution in [0.4, 0.5) is 0 Å². The molecular formula is C59H85ClN16O12. The number of aromatic nitrogens is 3. The van der Waals surface area contributed by atoms with E-state index in [0.29, 0.717) is 48.0 Å². The van der Waals surface area contributed by atoms with Crippen LogP contribution < -0.4 is 58.9 Å². The van der Waals surface area contributed by atoms with Crippen LogP contribution in [0, 0.1) is 17.2 Å². The predicted molar refractivity (Wildman–Crippen MR) is 327 cm³/mol. The van der Waals surface area contributed by atoms with Crippen molar-refractivity contribution in [3.8, 4) is 5.75 Å². The van der Waals surface area contributed by atoms with Crippen LogP contribution in [0.1, 0.15) is 103 Å². The first-order valence-corrected chi connectivity index (χ1v) is 29.5. The van der Waals surface area contributed by atoms with E-state index in [4.69, 9.17) is 11.1 Å². The predicted octanol–water partition coefficient (Wildman–Crippen LogP) is -0.807. The summed E-state index contributed by atoms with van der Waals surface area (Å²) in [5, 5.41) is 56.1. The minimum Gasteiger partial charge on any atom is -0.508 e. The molecular weight excluding hydrogens is 1160 g/mol. The number of aliphatic hydroxyl groups is 1. The molecule has 0 aliphatic carbocycles. The van der Waals surface area contributed by atoms with Crippen LogP contribution in [0.5, 0.6) is 5.75 Å². The van der Waals surface area contributed by atoms with Gasteiger partial charge in [-0.1, -0.05) is 58.0 Å². The molecule has 4 heterocycles. The number of halogens is 1. The largest absolute Gasteiger partial charge is 0.508 e. The van der Waals surface area contributed by atoms with Crippen LogP contribution in [0.3, 0.4) is 0 Å². The van der Waals surface area contributed by atoms with Crippen molar-refractivity contribution < 1.29 is 58.2 Å². The number of benzene rings is 2. The maximum Gasteiger partial charge on any atom is 0.245 e. The number of likely N-dealkylation sites (tertiary alicyclic amines) is 1. The summed E-state index contributed by atoms with van der Waals surface area (Å²) in [5.41, 5.74) is 7.62. The number of aromatic hydroxyl groups is 1. The highest BCUT2D eigenvalue weighted by molar-refractivity contribution is 5.99. The highest BCUT2D eigenvalue weighted by atomic mass is 35.5. The number of likely N-dealkylation sites (N-methyl/N-ethyl adjacent to an activating group) is 1. The number of carbonyl (C=O) groups excluding carboxylic acids is 10. The third kappa shape index (κ3) is 20.7. The number of guanidine groups is 1. The van der Waals surface area contributed by atoms with E-state index in [1.54, 1.807) is 45.2 Å². The van der Waals surface area contributed by atoms with E-state index < -0.39 is 108 Å². The van der Waals surface area contributed by atoms with E-state index in [1.807, 2.05) is 19.9 Å². The molecule has 28 nitrogen and oxygen atoms in total. The lowest BCUT2D eigenvalue weighted by Gasteiger charge is -2.31. The van der Waals surface area contributed by atoms with Crippen LogP contribution in [-0.4, -0.2) is 176 Å². The van der Waals surface area contributed by atoms with Crippen LogP contribution in [-0.2, 0) is 67.2 Å². The van der Waals surface area contributed by atoms with Crippen molar-refractivity contribution in [3.63, 3.8) is 0 Å². The molecule has 2 aromatic carbocycles. The number of nitrogens with one attached hydrogen (secondary N) is 13. The second-order valence-corrected chi connectivity index (χ2v) is 22.8. The van der Waals surface area contributed by atoms with Gasteiger partial charge in [-0.15, -0.1) is 12.4 Å². The highest BCUT2D eigenvalue weighted by Gasteiger charge is 2.40. The monoisotopic (exact) mass is 1240 g/mol. The van der Waals surface area contributed by atoms with Crippen molar-refractivity contribution >= 4 is 88.3 Å². The molecule has 2 fully saturated rings. The van der Waals surface area contributed by atoms with Gasteiger partial charge >= 0.3 is 0 Å². The third-order valence-corrected chi connectivity index (χ3v) is 14.9. The van der Waals surface area contributed by atoms with Crippen LogP contribution in [0.25, 0.3) is 10.9 Å². The van der Waals surface area contributed by atoms with E-state index in [9.17, 15) is 58.2 Å². The first-order valence-electron chi connectivity index (χ1n) is 29.5. The molecule has 2 saturated heterocycles. The first-order chi connectivity index (χ1) is 41.5. The maximum absolute atomic E-state index is 14.7. The zero-order valence-corrected chi connectivity index (χ0v) is 51.0. The van der Waals surface area contributed by atoms with Gasteiger partial charge in [-0.25, -0.2) is 4.98 Å². The lowest BCUT2D eigenvalue weighted by Crippen LogP contribution is -2.61. The topological polar surface area (TPSA) is 429 Å². The molecule has 7 unspecified atom stereocenters. The average molecular weight is 1250 g/mol. The maximum atomic E-state index is 14.7. The fourth-order valence-electron chi connectivity index (χ4n) is 10.5. The van der Waals surface area contributed by atoms with Gasteiger partial charge < -0.3 is 84.0 Å². The van der Waals surface area contributed by atoms with Gasteiger partial charge in [0.15, 0.2) is 5.96 Å². The Kier molecular flexibility index (Phi) is 27.0. The Hall–Kier alpha value is -8.79. The number of phenolic OH excluding ortho intramolecular Hbond substituents is 1. The number of rotatable bonds is 32. The molecule has 0 spiro atoms. The molecule has 2 aliphatic rings. The Morgan fingerprint density at radius 3 is 1.84 bits per heavy atom. The number of aliphatic hydroxyl groups excluding tert-OH is 1. The van der Waals surface area contributed by atoms with E-state index >= 15 is 0 Å². The highest BCUT2D eigenvalue weighted by Crippen LogP contribution is 2.22. The van der Waals surface area contributed by atoms with E-state index in [1.165, 1.54) is 41.7 Å². The normalized spacial score (nSPS) is 17.0. The van der Waals surface area contributed by atoms with Crippen molar-refractivity contribution in [1.82, 2.24) is 73.0 Å². The molecule has 4 aromatic rings. The molecule has 88 heavy (non-hydrogen) atoms. The lowest BCUT2D eigenvalue weighted by atomic mass is 9.98. The number of nitrogens with two attached hydrogens (primary N) is 1. The molecule has 17 N–H and O–H groups in total. The number of hydrogen-bond donors (Lipinski definition) is 16. The Bertz CT molecular complexity index is 3050. The Morgan fingerprint density at radius 2 is 1.27 bits per heavy atom. The van der Waals surface area contributed by atoms with Gasteiger partial charge in [0, 0.05) is 68.6 Å². The second kappa shape index (κ2) is 33.9. The standard InChI is InChI=1S/C59H84N16O12.ClH/c1-6-63-57(86)48-14-10-22-75(48)58(87)41(13-9-21-64-59(60)61)68-51(80)42(23-32(2)3)69-52(81)43(24-33(4)5)70-53(82)44(25-34-15-17-37(77)18-16-34)71-56(85)47(30-76)74-54(83)45(26-35-28-65-39-12-8-7-11-38(35)39)72-55(84)46(27-36-29-62-31-66-36)73-50(79)40-19-20-49(78)67-40;/h7-8,11-12,15-18,28-29,31-33,40-48,65,76-77H,6,9-10,13-14,19-27,30H2,1-5H3,(H,62,66)(H,63,86)(H,67,78)(H,68,80)(H,69,81)(H,70,82)(H,71,85)(H,72,84)(H,73,79)(H,74,83)(H4,60,61,64);1H/t40-,41?,42?,43?,44?,45?,46?,47?,48-;/m0./s1. The van der Waals surface area contributed by atoms with Gasteiger partial charge in [0.05, 0.1) is 18.6 Å². The number of imidazole rings is 1. The summed E-state index contributed by atoms with van der Waals surface area (Å²) in [6, 6.07) is 1.54. The number of aromatic amines is 2. The van der Waals surface area contributed by atoms with Crippen molar-refractivity contribution in [2.24, 2.45) is 17.6 Å². The number of phenols is 1. The Labute approximate surface area is 516 Å². The van der Waals surface area contributed by atoms with E-state index in [-0.39, 0.29) is 112 Å². The number of nitrogens with zero attached hydrogens (tertiary/aromatic N) is 2. The lowest BCUT2D eigenvalue weighted by molar-refractivity contribution is -0.142. The molecule has 10 amide bonds. The molecule has 2 aromatic heterocycles. The number of para-hydroxylation sites is 1. The van der Waals surface area contributed by atoms with E-state index in [0.717, 1.165) is 5.52 Å². The van der Waals surface area contributed by atoms with E-state index in [2.05, 4.69) is 68.1 Å². The smallest absolute Gasteiger partial charge is 0.245 e. The summed E-state index contributed by atoms with van der Waals surface area (Å²) in [6.07, 6.45) is 5.85. The molecule has 0 saturated carbocycles. The number of hydrogen-bond acceptors (Lipinski definition) is 14. The number of amides is 10. The third-order valence-electron chi connectivity index (χ3n) is 14.9. The van der Waals surface area contributed by atoms with Gasteiger partial charge in [0.25, 0.3) is 0 Å². The summed E-state index contributed by atoms with van der Waals surface area (Å²) in [4.78, 5) is 151. The van der Waals surface area contributed by atoms with Gasteiger partial charge in [-0.3, -0.25) is 53.4 Å². The van der Waals surface area contributed by atoms with Crippen molar-refractivity contribution in [2.75, 3.05) is 26.2 Å². The van der Waals surface area contributed by atoms with Crippen molar-refractivity contribution in [3.05, 3.63) is 84.1 Å². The summed E-state index contributed by atoms with van der Waals surface area (Å²) in [7, 11) is 0. The SMILES string of the molecule is CCNC(=O)[C@@H]1CCCN1C(=O)C(CCCNC(=N)N)NC(=O)C(CC(C)C)NC(=O)C(CC(C)C)NC(=O)C(Cc1ccc(O)cc1)NC(=O)C(CO)NC(=O)C(Cc1c[nH]c2ccccc12)NC(=O)C(Cc1c[nH]cn1)NC(=O)[C@@H]1CCC(=O)N1.Cl. The fraction of sp³-hybridized carbons (Fsp3) is 0.525. The number of fused-ring (bicyclic) bond motifs is 1. The van der Waals surface area contributed by atoms with Gasteiger partial charge in [-0.2, -0.15) is 0 Å². The average Bonchev–Trinajstić information content (AvgIpc) is 4.29. The molecule has 6 rings (SSSR count). The first kappa shape index (κ1) is 70.0. The van der Waals surface area contributed by atoms with Gasteiger partial charge in [-0.05, 0) is 93.0 Å².